The minimum atomic E-state index is -4.01. The molecule has 0 fully saturated rings. The number of carbonyl (C=O) groups excluding carboxylic acids is 1. The number of rotatable bonds is 8. The number of nitrogens with zero attached hydrogens (tertiary/aromatic N) is 3. The zero-order chi connectivity index (χ0) is 23.3. The van der Waals surface area contributed by atoms with Crippen molar-refractivity contribution in [2.75, 3.05) is 17.9 Å². The number of esters is 1. The van der Waals surface area contributed by atoms with Crippen LogP contribution in [-0.4, -0.2) is 36.4 Å². The van der Waals surface area contributed by atoms with E-state index in [9.17, 15) is 23.3 Å². The Morgan fingerprint density at radius 3 is 2.25 bits per heavy atom. The van der Waals surface area contributed by atoms with Gasteiger partial charge < -0.3 is 10.1 Å². The van der Waals surface area contributed by atoms with E-state index in [0.717, 1.165) is 11.9 Å². The van der Waals surface area contributed by atoms with Crippen molar-refractivity contribution in [3.8, 4) is 0 Å². The first-order valence-electron chi connectivity index (χ1n) is 9.00. The molecule has 0 amide bonds. The first kappa shape index (κ1) is 22.6. The van der Waals surface area contributed by atoms with Crippen LogP contribution in [0.3, 0.4) is 0 Å². The van der Waals surface area contributed by atoms with E-state index in [2.05, 4.69) is 30.3 Å². The highest BCUT2D eigenvalue weighted by atomic mass is 32.2. The number of anilines is 3. The van der Waals surface area contributed by atoms with Crippen LogP contribution >= 0.6 is 0 Å². The summed E-state index contributed by atoms with van der Waals surface area (Å²) in [4.78, 5) is 32.1. The molecule has 0 saturated carbocycles. The number of aryl methyl sites for hydroxylation is 1. The van der Waals surface area contributed by atoms with Gasteiger partial charge in [0.15, 0.2) is 0 Å². The third-order valence-electron chi connectivity index (χ3n) is 4.21. The van der Waals surface area contributed by atoms with E-state index in [1.54, 1.807) is 12.1 Å². The molecule has 166 valence electrons. The van der Waals surface area contributed by atoms with Gasteiger partial charge in [-0.15, -0.1) is 4.83 Å². The van der Waals surface area contributed by atoms with Gasteiger partial charge in [-0.3, -0.25) is 15.5 Å². The number of nitro groups is 1. The summed E-state index contributed by atoms with van der Waals surface area (Å²) in [5, 5.41) is 14.4. The van der Waals surface area contributed by atoms with E-state index in [1.807, 2.05) is 6.92 Å². The number of hydrazine groups is 1. The maximum Gasteiger partial charge on any atom is 0.354 e. The fraction of sp³-hybridized carbons (Fsp3) is 0.105. The second-order valence-corrected chi connectivity index (χ2v) is 8.10. The Labute approximate surface area is 182 Å². The van der Waals surface area contributed by atoms with Gasteiger partial charge in [0.1, 0.15) is 6.33 Å². The summed E-state index contributed by atoms with van der Waals surface area (Å²) >= 11 is 0. The summed E-state index contributed by atoms with van der Waals surface area (Å²) in [6.45, 7) is 1.81. The predicted octanol–water partition coefficient (Wildman–Crippen LogP) is 2.53. The molecular weight excluding hydrogens is 440 g/mol. The van der Waals surface area contributed by atoms with Gasteiger partial charge in [0.2, 0.25) is 11.6 Å². The van der Waals surface area contributed by atoms with E-state index in [0.29, 0.717) is 11.3 Å². The van der Waals surface area contributed by atoms with Crippen molar-refractivity contribution in [3.63, 3.8) is 0 Å². The number of hydrogen-bond donors (Lipinski definition) is 3. The number of aromatic nitrogens is 2. The Balaban J connectivity index is 1.84. The van der Waals surface area contributed by atoms with Gasteiger partial charge in [-0.05, 0) is 43.3 Å². The Morgan fingerprint density at radius 1 is 1.03 bits per heavy atom. The van der Waals surface area contributed by atoms with Crippen molar-refractivity contribution in [1.82, 2.24) is 14.8 Å². The van der Waals surface area contributed by atoms with Gasteiger partial charge in [0, 0.05) is 5.69 Å². The predicted molar refractivity (Wildman–Crippen MR) is 115 cm³/mol. The normalized spacial score (nSPS) is 10.9. The molecule has 0 unspecified atom stereocenters. The zero-order valence-electron chi connectivity index (χ0n) is 16.9. The van der Waals surface area contributed by atoms with E-state index in [-0.39, 0.29) is 16.5 Å². The monoisotopic (exact) mass is 458 g/mol. The standard InChI is InChI=1S/C19H18N6O6S/c1-12-3-9-15(10-4-12)32(29,30)24-23-18-16(25(27)28)17(20-11-21-18)22-14-7-5-13(6-8-14)19(26)31-2/h3-11,24H,1-2H3,(H2,20,21,22,23). The van der Waals surface area contributed by atoms with Crippen LogP contribution in [0.5, 0.6) is 0 Å². The summed E-state index contributed by atoms with van der Waals surface area (Å²) in [6, 6.07) is 12.0. The maximum atomic E-state index is 12.4. The van der Waals surface area contributed by atoms with Crippen LogP contribution in [0.4, 0.5) is 23.0 Å². The molecule has 0 saturated heterocycles. The lowest BCUT2D eigenvalue weighted by Crippen LogP contribution is -2.30. The summed E-state index contributed by atoms with van der Waals surface area (Å²) < 4.78 is 29.5. The molecule has 13 heteroatoms. The first-order chi connectivity index (χ1) is 15.2. The Morgan fingerprint density at radius 2 is 1.66 bits per heavy atom. The molecule has 0 aliphatic carbocycles. The fourth-order valence-corrected chi connectivity index (χ4v) is 3.41. The Hall–Kier alpha value is -4.10. The number of nitrogens with one attached hydrogen (secondary N) is 3. The van der Waals surface area contributed by atoms with Gasteiger partial charge in [0.25, 0.3) is 10.0 Å². The number of sulfonamides is 1. The lowest BCUT2D eigenvalue weighted by molar-refractivity contribution is -0.383. The minimum Gasteiger partial charge on any atom is -0.465 e. The van der Waals surface area contributed by atoms with Gasteiger partial charge >= 0.3 is 11.7 Å². The van der Waals surface area contributed by atoms with Crippen LogP contribution in [0, 0.1) is 17.0 Å². The summed E-state index contributed by atoms with van der Waals surface area (Å²) in [6.07, 6.45) is 1.03. The molecular formula is C19H18N6O6S. The number of methoxy groups -OCH3 is 1. The molecule has 0 atom stereocenters. The SMILES string of the molecule is COC(=O)c1ccc(Nc2ncnc(NNS(=O)(=O)c3ccc(C)cc3)c2[N+](=O)[O-])cc1. The highest BCUT2D eigenvalue weighted by Crippen LogP contribution is 2.31. The van der Waals surface area contributed by atoms with Crippen molar-refractivity contribution in [1.29, 1.82) is 0 Å². The quantitative estimate of drug-likeness (QED) is 0.259. The topological polar surface area (TPSA) is 165 Å². The fourth-order valence-electron chi connectivity index (χ4n) is 2.57. The molecule has 1 heterocycles. The molecule has 0 aliphatic rings. The van der Waals surface area contributed by atoms with Crippen molar-refractivity contribution in [2.24, 2.45) is 0 Å². The van der Waals surface area contributed by atoms with Crippen molar-refractivity contribution in [2.45, 2.75) is 11.8 Å². The van der Waals surface area contributed by atoms with Gasteiger partial charge in [-0.1, -0.05) is 17.7 Å². The van der Waals surface area contributed by atoms with Crippen LogP contribution in [-0.2, 0) is 14.8 Å². The second-order valence-electron chi connectivity index (χ2n) is 6.41. The van der Waals surface area contributed by atoms with E-state index in [4.69, 9.17) is 0 Å². The van der Waals surface area contributed by atoms with Crippen LogP contribution in [0.25, 0.3) is 0 Å². The average molecular weight is 458 g/mol. The molecule has 0 spiro atoms. The molecule has 1 aromatic heterocycles. The Kier molecular flexibility index (Phi) is 6.61. The molecule has 3 aromatic rings. The van der Waals surface area contributed by atoms with Gasteiger partial charge in [-0.25, -0.2) is 23.2 Å². The average Bonchev–Trinajstić information content (AvgIpc) is 2.78. The van der Waals surface area contributed by atoms with Crippen LogP contribution in [0.15, 0.2) is 59.8 Å². The molecule has 3 rings (SSSR count). The largest absolute Gasteiger partial charge is 0.465 e. The number of hydrogen-bond acceptors (Lipinski definition) is 10. The van der Waals surface area contributed by atoms with Crippen molar-refractivity contribution in [3.05, 3.63) is 76.1 Å². The third kappa shape index (κ3) is 5.14. The van der Waals surface area contributed by atoms with Crippen LogP contribution in [0.1, 0.15) is 15.9 Å². The smallest absolute Gasteiger partial charge is 0.354 e. The van der Waals surface area contributed by atoms with E-state index >= 15 is 0 Å². The molecule has 0 bridgehead atoms. The minimum absolute atomic E-state index is 0.0312. The lowest BCUT2D eigenvalue weighted by Gasteiger charge is -2.11. The molecule has 0 radical (unpaired) electrons. The van der Waals surface area contributed by atoms with E-state index in [1.165, 1.54) is 43.5 Å². The van der Waals surface area contributed by atoms with E-state index < -0.39 is 26.6 Å². The van der Waals surface area contributed by atoms with Gasteiger partial charge in [-0.2, -0.15) is 0 Å². The van der Waals surface area contributed by atoms with Crippen molar-refractivity contribution < 1.29 is 22.9 Å². The molecule has 32 heavy (non-hydrogen) atoms. The second kappa shape index (κ2) is 9.36. The Bertz CT molecular complexity index is 1250. The summed E-state index contributed by atoms with van der Waals surface area (Å²) in [5.41, 5.74) is 3.25. The number of ether oxygens (including phenoxy) is 1. The maximum absolute atomic E-state index is 12.4. The molecule has 0 aliphatic heterocycles. The molecule has 12 nitrogen and oxygen atoms in total. The third-order valence-corrected chi connectivity index (χ3v) is 5.47. The van der Waals surface area contributed by atoms with Crippen molar-refractivity contribution >= 4 is 39.0 Å². The highest BCUT2D eigenvalue weighted by Gasteiger charge is 2.25. The molecule has 2 aromatic carbocycles. The summed E-state index contributed by atoms with van der Waals surface area (Å²) in [5.74, 6) is -1.08. The lowest BCUT2D eigenvalue weighted by atomic mass is 10.2. The van der Waals surface area contributed by atoms with Crippen LogP contribution < -0.4 is 15.6 Å². The summed E-state index contributed by atoms with van der Waals surface area (Å²) in [7, 11) is -2.76. The molecule has 3 N–H and O–H groups in total. The number of benzene rings is 2. The number of carbonyl (C=O) groups is 1. The first-order valence-corrected chi connectivity index (χ1v) is 10.5. The van der Waals surface area contributed by atoms with Crippen LogP contribution in [0.2, 0.25) is 0 Å². The zero-order valence-corrected chi connectivity index (χ0v) is 17.7. The highest BCUT2D eigenvalue weighted by molar-refractivity contribution is 7.89. The van der Waals surface area contributed by atoms with Gasteiger partial charge in [0.05, 0.1) is 22.5 Å².